The van der Waals surface area contributed by atoms with Crippen LogP contribution in [0.1, 0.15) is 44.5 Å². The van der Waals surface area contributed by atoms with Crippen LogP contribution in [0.3, 0.4) is 0 Å². The van der Waals surface area contributed by atoms with Crippen LogP contribution in [0.15, 0.2) is 303 Å². The molecule has 1 heterocycles. The molecule has 15 rings (SSSR count). The Kier molecular flexibility index (Phi) is 10.0. The number of hydrogen-bond acceptors (Lipinski definition) is 1. The number of anilines is 3. The Bertz CT molecular complexity index is 3990. The van der Waals surface area contributed by atoms with E-state index in [-0.39, 0.29) is 0 Å². The summed E-state index contributed by atoms with van der Waals surface area (Å²) in [4.78, 5) is 2.49. The average Bonchev–Trinajstić information content (AvgIpc) is 4.26. The summed E-state index contributed by atoms with van der Waals surface area (Å²) in [7, 11) is 0. The Labute approximate surface area is 443 Å². The van der Waals surface area contributed by atoms with Gasteiger partial charge in [0.25, 0.3) is 0 Å². The van der Waals surface area contributed by atoms with Gasteiger partial charge in [0, 0.05) is 33.5 Å². The van der Waals surface area contributed by atoms with Gasteiger partial charge in [0.15, 0.2) is 0 Å². The summed E-state index contributed by atoms with van der Waals surface area (Å²) in [6.07, 6.45) is 0. The standard InChI is InChI=1S/C74H50N2/c1-5-21-53(22-6-1)73(54-23-7-2-8-24-54)67-33-17-13-29-61(67)63-47-45-59(49-69(63)73)75(57-41-37-51(38-42-57)52-39-43-58(44-40-52)76-71-35-19-15-31-65(71)66-32-16-20-36-72(66)76)60-46-48-64-62-30-14-18-34-68(62)74(70(64)50-60,55-25-9-3-10-26-55)56-27-11-4-12-28-56/h1-50H. The maximum atomic E-state index is 2.49. The van der Waals surface area contributed by atoms with E-state index < -0.39 is 10.8 Å². The number of fused-ring (bicyclic) bond motifs is 9. The molecule has 0 saturated carbocycles. The minimum Gasteiger partial charge on any atom is -0.310 e. The highest BCUT2D eigenvalue weighted by Gasteiger charge is 2.48. The van der Waals surface area contributed by atoms with Crippen molar-refractivity contribution in [2.75, 3.05) is 4.90 Å². The first-order valence-electron chi connectivity index (χ1n) is 26.4. The van der Waals surface area contributed by atoms with Crippen molar-refractivity contribution in [1.82, 2.24) is 4.57 Å². The van der Waals surface area contributed by atoms with Gasteiger partial charge in [0.05, 0.1) is 21.9 Å². The summed E-state index contributed by atoms with van der Waals surface area (Å²) >= 11 is 0. The fraction of sp³-hybridized carbons (Fsp3) is 0.0270. The lowest BCUT2D eigenvalue weighted by atomic mass is 9.67. The van der Waals surface area contributed by atoms with Gasteiger partial charge in [-0.15, -0.1) is 0 Å². The molecule has 2 aliphatic rings. The molecule has 0 bridgehead atoms. The fourth-order valence-electron chi connectivity index (χ4n) is 13.4. The second-order valence-electron chi connectivity index (χ2n) is 20.3. The highest BCUT2D eigenvalue weighted by atomic mass is 15.1. The van der Waals surface area contributed by atoms with Crippen molar-refractivity contribution in [3.8, 4) is 39.1 Å². The van der Waals surface area contributed by atoms with Crippen LogP contribution in [0.5, 0.6) is 0 Å². The molecule has 0 N–H and O–H groups in total. The molecular weight excluding hydrogens is 917 g/mol. The first-order valence-corrected chi connectivity index (χ1v) is 26.4. The lowest BCUT2D eigenvalue weighted by molar-refractivity contribution is 0.767. The monoisotopic (exact) mass is 966 g/mol. The van der Waals surface area contributed by atoms with Gasteiger partial charge in [0.2, 0.25) is 0 Å². The molecule has 2 heteroatoms. The molecule has 13 aromatic rings. The third-order valence-corrected chi connectivity index (χ3v) is 16.6. The quantitative estimate of drug-likeness (QED) is 0.140. The van der Waals surface area contributed by atoms with E-state index in [4.69, 9.17) is 0 Å². The first kappa shape index (κ1) is 43.8. The fourth-order valence-corrected chi connectivity index (χ4v) is 13.4. The predicted octanol–water partition coefficient (Wildman–Crippen LogP) is 18.6. The first-order chi connectivity index (χ1) is 37.7. The van der Waals surface area contributed by atoms with Crippen LogP contribution >= 0.6 is 0 Å². The second-order valence-corrected chi connectivity index (χ2v) is 20.3. The van der Waals surface area contributed by atoms with Crippen LogP contribution in [0, 0.1) is 0 Å². The molecule has 0 unspecified atom stereocenters. The van der Waals surface area contributed by atoms with Gasteiger partial charge in [-0.1, -0.05) is 243 Å². The predicted molar refractivity (Wildman–Crippen MR) is 316 cm³/mol. The molecule has 2 aliphatic carbocycles. The summed E-state index contributed by atoms with van der Waals surface area (Å²) in [6, 6.07) is 113. The van der Waals surface area contributed by atoms with Gasteiger partial charge in [-0.2, -0.15) is 0 Å². The normalized spacial score (nSPS) is 13.5. The molecule has 0 amide bonds. The minimum absolute atomic E-state index is 0.555. The summed E-state index contributed by atoms with van der Waals surface area (Å²) in [5.74, 6) is 0. The zero-order valence-electron chi connectivity index (χ0n) is 41.8. The number of hydrogen-bond donors (Lipinski definition) is 0. The van der Waals surface area contributed by atoms with Crippen molar-refractivity contribution >= 4 is 38.9 Å². The molecule has 76 heavy (non-hydrogen) atoms. The van der Waals surface area contributed by atoms with Gasteiger partial charge >= 0.3 is 0 Å². The zero-order chi connectivity index (χ0) is 50.2. The third-order valence-electron chi connectivity index (χ3n) is 16.6. The summed E-state index contributed by atoms with van der Waals surface area (Å²) in [6.45, 7) is 0. The summed E-state index contributed by atoms with van der Waals surface area (Å²) in [5.41, 5.74) is 23.2. The number of rotatable bonds is 9. The maximum Gasteiger partial charge on any atom is 0.0714 e. The van der Waals surface area contributed by atoms with Crippen molar-refractivity contribution in [3.63, 3.8) is 0 Å². The van der Waals surface area contributed by atoms with Crippen LogP contribution in [-0.4, -0.2) is 4.57 Å². The molecule has 0 saturated heterocycles. The van der Waals surface area contributed by atoms with E-state index in [9.17, 15) is 0 Å². The minimum atomic E-state index is -0.555. The molecule has 0 spiro atoms. The lowest BCUT2D eigenvalue weighted by Gasteiger charge is -2.36. The number of nitrogens with zero attached hydrogens (tertiary/aromatic N) is 2. The average molecular weight is 967 g/mol. The molecule has 0 radical (unpaired) electrons. The number of aromatic nitrogens is 1. The van der Waals surface area contributed by atoms with Crippen LogP contribution in [0.25, 0.3) is 60.9 Å². The molecule has 0 fully saturated rings. The van der Waals surface area contributed by atoms with E-state index in [0.29, 0.717) is 0 Å². The smallest absolute Gasteiger partial charge is 0.0714 e. The van der Waals surface area contributed by atoms with Crippen LogP contribution in [-0.2, 0) is 10.8 Å². The largest absolute Gasteiger partial charge is 0.310 e. The van der Waals surface area contributed by atoms with E-state index in [1.54, 1.807) is 0 Å². The van der Waals surface area contributed by atoms with Gasteiger partial charge < -0.3 is 9.47 Å². The molecule has 356 valence electrons. The highest BCUT2D eigenvalue weighted by molar-refractivity contribution is 6.09. The number of para-hydroxylation sites is 2. The van der Waals surface area contributed by atoms with E-state index in [1.807, 2.05) is 0 Å². The topological polar surface area (TPSA) is 8.17 Å². The molecule has 0 aliphatic heterocycles. The van der Waals surface area contributed by atoms with Crippen molar-refractivity contribution < 1.29 is 0 Å². The maximum absolute atomic E-state index is 2.49. The van der Waals surface area contributed by atoms with E-state index in [2.05, 4.69) is 313 Å². The summed E-state index contributed by atoms with van der Waals surface area (Å²) < 4.78 is 2.38. The van der Waals surface area contributed by atoms with E-state index in [0.717, 1.165) is 28.3 Å². The van der Waals surface area contributed by atoms with Crippen LogP contribution in [0.4, 0.5) is 17.1 Å². The van der Waals surface area contributed by atoms with Crippen molar-refractivity contribution in [2.45, 2.75) is 10.8 Å². The Morgan fingerprint density at radius 1 is 0.250 bits per heavy atom. The van der Waals surface area contributed by atoms with Crippen molar-refractivity contribution in [2.24, 2.45) is 0 Å². The Balaban J connectivity index is 0.929. The number of benzene rings is 12. The van der Waals surface area contributed by atoms with Crippen LogP contribution < -0.4 is 4.90 Å². The van der Waals surface area contributed by atoms with Gasteiger partial charge in [0.1, 0.15) is 0 Å². The lowest BCUT2D eigenvalue weighted by Crippen LogP contribution is -2.29. The Hall–Kier alpha value is -9.76. The summed E-state index contributed by atoms with van der Waals surface area (Å²) in [5, 5.41) is 2.53. The van der Waals surface area contributed by atoms with Crippen molar-refractivity contribution in [1.29, 1.82) is 0 Å². The van der Waals surface area contributed by atoms with Gasteiger partial charge in [-0.05, 0) is 139 Å². The van der Waals surface area contributed by atoms with Crippen LogP contribution in [0.2, 0.25) is 0 Å². The zero-order valence-corrected chi connectivity index (χ0v) is 41.8. The highest BCUT2D eigenvalue weighted by Crippen LogP contribution is 2.59. The SMILES string of the molecule is c1ccc(C2(c3ccccc3)c3ccccc3-c3ccc(N(c4ccc(-c5ccc(-n6c7ccccc7c7ccccc76)cc5)cc4)c4ccc5c(c4)C(c4ccccc4)(c4ccccc4)c4ccccc4-5)cc32)cc1. The third kappa shape index (κ3) is 6.41. The Morgan fingerprint density at radius 2 is 0.579 bits per heavy atom. The molecule has 12 aromatic carbocycles. The van der Waals surface area contributed by atoms with Gasteiger partial charge in [-0.3, -0.25) is 0 Å². The van der Waals surface area contributed by atoms with E-state index >= 15 is 0 Å². The van der Waals surface area contributed by atoms with Crippen molar-refractivity contribution in [3.05, 3.63) is 348 Å². The Morgan fingerprint density at radius 3 is 1.00 bits per heavy atom. The molecule has 1 aromatic heterocycles. The molecular formula is C74H50N2. The molecule has 2 nitrogen and oxygen atoms in total. The van der Waals surface area contributed by atoms with E-state index in [1.165, 1.54) is 94.1 Å². The molecule has 0 atom stereocenters. The van der Waals surface area contributed by atoms with Gasteiger partial charge in [-0.25, -0.2) is 0 Å². The second kappa shape index (κ2) is 17.4.